The van der Waals surface area contributed by atoms with Gasteiger partial charge in [0.15, 0.2) is 11.4 Å². The van der Waals surface area contributed by atoms with Crippen molar-refractivity contribution in [1.82, 2.24) is 0 Å². The van der Waals surface area contributed by atoms with Gasteiger partial charge in [0.2, 0.25) is 11.8 Å². The van der Waals surface area contributed by atoms with Gasteiger partial charge in [-0.25, -0.2) is 4.90 Å². The summed E-state index contributed by atoms with van der Waals surface area (Å²) in [6, 6.07) is 20.7. The normalized spacial score (nSPS) is 29.2. The lowest BCUT2D eigenvalue weighted by Crippen LogP contribution is -2.49. The van der Waals surface area contributed by atoms with Gasteiger partial charge in [-0.15, -0.1) is 0 Å². The second kappa shape index (κ2) is 7.85. The Morgan fingerprint density at radius 2 is 1.71 bits per heavy atom. The molecule has 0 saturated carbocycles. The lowest BCUT2D eigenvalue weighted by molar-refractivity contribution is -0.137. The number of Topliss-reactive ketones (excluding diaryl/α,β-unsaturated/α-hetero) is 1. The van der Waals surface area contributed by atoms with Gasteiger partial charge in [0.05, 0.1) is 23.6 Å². The van der Waals surface area contributed by atoms with Gasteiger partial charge < -0.3 is 9.84 Å². The van der Waals surface area contributed by atoms with E-state index in [4.69, 9.17) is 16.3 Å². The number of halogens is 1. The molecule has 2 heterocycles. The number of imide groups is 1. The van der Waals surface area contributed by atoms with Crippen LogP contribution in [0.1, 0.15) is 46.2 Å². The van der Waals surface area contributed by atoms with Gasteiger partial charge in [0, 0.05) is 10.6 Å². The molecular weight excluding hydrogens is 466 g/mol. The molecule has 0 bridgehead atoms. The first-order valence-corrected chi connectivity index (χ1v) is 12.0. The summed E-state index contributed by atoms with van der Waals surface area (Å²) in [7, 11) is 0. The molecule has 3 aromatic carbocycles. The molecule has 2 fully saturated rings. The van der Waals surface area contributed by atoms with Crippen LogP contribution in [0.3, 0.4) is 0 Å². The van der Waals surface area contributed by atoms with E-state index in [-0.39, 0.29) is 0 Å². The van der Waals surface area contributed by atoms with Crippen LogP contribution in [0.15, 0.2) is 72.8 Å². The summed E-state index contributed by atoms with van der Waals surface area (Å²) in [6.45, 7) is 2.02. The Hall–Kier alpha value is -3.32. The number of aryl methyl sites for hydroxylation is 1. The van der Waals surface area contributed by atoms with Crippen LogP contribution in [0.5, 0.6) is 0 Å². The van der Waals surface area contributed by atoms with E-state index in [1.165, 1.54) is 0 Å². The first-order chi connectivity index (χ1) is 16.9. The standard InChI is InChI=1S/C28H22ClNO5/c1-2-15-10-12-18(13-11-15)30-26(33)21-22(27(30)34)28(35-23(21)16-6-5-7-17(29)14-16)24(31)19-8-3-4-9-20(19)25(28)32/h3-14,21-24,31H,2H2,1H3. The third-order valence-corrected chi connectivity index (χ3v) is 7.74. The SMILES string of the molecule is CCc1ccc(N2C(=O)C3C(c4cccc(Cl)c4)OC4(C(=O)c5ccccc5C4O)C3C2=O)cc1. The maximum absolute atomic E-state index is 13.9. The van der Waals surface area contributed by atoms with Gasteiger partial charge in [-0.1, -0.05) is 67.1 Å². The van der Waals surface area contributed by atoms with Crippen LogP contribution < -0.4 is 4.90 Å². The van der Waals surface area contributed by atoms with Crippen molar-refractivity contribution in [2.75, 3.05) is 4.90 Å². The maximum Gasteiger partial charge on any atom is 0.241 e. The van der Waals surface area contributed by atoms with Crippen molar-refractivity contribution >= 4 is 34.9 Å². The van der Waals surface area contributed by atoms with Gasteiger partial charge >= 0.3 is 0 Å². The maximum atomic E-state index is 13.9. The second-order valence-corrected chi connectivity index (χ2v) is 9.68. The third kappa shape index (κ3) is 2.94. The summed E-state index contributed by atoms with van der Waals surface area (Å²) >= 11 is 6.23. The molecule has 35 heavy (non-hydrogen) atoms. The molecule has 3 aromatic rings. The van der Waals surface area contributed by atoms with Gasteiger partial charge in [0.1, 0.15) is 6.10 Å². The number of aliphatic hydroxyl groups is 1. The molecule has 7 heteroatoms. The third-order valence-electron chi connectivity index (χ3n) is 7.50. The fourth-order valence-corrected chi connectivity index (χ4v) is 6.03. The Morgan fingerprint density at radius 1 is 0.971 bits per heavy atom. The summed E-state index contributed by atoms with van der Waals surface area (Å²) in [5.74, 6) is -3.65. The molecule has 0 radical (unpaired) electrons. The number of hydrogen-bond acceptors (Lipinski definition) is 5. The van der Waals surface area contributed by atoms with E-state index in [2.05, 4.69) is 0 Å². The number of nitrogens with zero attached hydrogens (tertiary/aromatic N) is 1. The zero-order valence-corrected chi connectivity index (χ0v) is 19.6. The zero-order chi connectivity index (χ0) is 24.5. The Bertz CT molecular complexity index is 1390. The molecule has 2 saturated heterocycles. The minimum atomic E-state index is -1.90. The molecule has 6 nitrogen and oxygen atoms in total. The van der Waals surface area contributed by atoms with Crippen LogP contribution in [0, 0.1) is 11.8 Å². The molecule has 2 aliphatic heterocycles. The van der Waals surface area contributed by atoms with Crippen LogP contribution >= 0.6 is 11.6 Å². The average molecular weight is 488 g/mol. The van der Waals surface area contributed by atoms with Gasteiger partial charge in [-0.3, -0.25) is 14.4 Å². The Morgan fingerprint density at radius 3 is 2.40 bits per heavy atom. The van der Waals surface area contributed by atoms with Crippen molar-refractivity contribution in [3.63, 3.8) is 0 Å². The molecule has 1 spiro atoms. The summed E-state index contributed by atoms with van der Waals surface area (Å²) < 4.78 is 6.36. The number of amides is 2. The zero-order valence-electron chi connectivity index (χ0n) is 18.9. The smallest absolute Gasteiger partial charge is 0.241 e. The van der Waals surface area contributed by atoms with Crippen LogP contribution in [0.4, 0.5) is 5.69 Å². The monoisotopic (exact) mass is 487 g/mol. The topological polar surface area (TPSA) is 83.9 Å². The minimum absolute atomic E-state index is 0.302. The largest absolute Gasteiger partial charge is 0.385 e. The number of aliphatic hydroxyl groups excluding tert-OH is 1. The molecule has 2 amide bonds. The van der Waals surface area contributed by atoms with Crippen molar-refractivity contribution in [1.29, 1.82) is 0 Å². The number of hydrogen-bond donors (Lipinski definition) is 1. The van der Waals surface area contributed by atoms with Crippen LogP contribution in [0.25, 0.3) is 0 Å². The molecule has 5 unspecified atom stereocenters. The number of carbonyl (C=O) groups is 3. The highest BCUT2D eigenvalue weighted by Crippen LogP contribution is 2.61. The lowest BCUT2D eigenvalue weighted by Gasteiger charge is -2.31. The summed E-state index contributed by atoms with van der Waals surface area (Å²) in [4.78, 5) is 42.7. The summed E-state index contributed by atoms with van der Waals surface area (Å²) in [6.07, 6.45) is -1.50. The number of carbonyl (C=O) groups excluding carboxylic acids is 3. The van der Waals surface area contributed by atoms with E-state index < -0.39 is 47.2 Å². The molecule has 176 valence electrons. The van der Waals surface area contributed by atoms with E-state index in [1.54, 1.807) is 60.7 Å². The highest BCUT2D eigenvalue weighted by atomic mass is 35.5. The van der Waals surface area contributed by atoms with Crippen LogP contribution in [-0.4, -0.2) is 28.3 Å². The van der Waals surface area contributed by atoms with Gasteiger partial charge in [-0.05, 0) is 47.4 Å². The van der Waals surface area contributed by atoms with Gasteiger partial charge in [0.25, 0.3) is 0 Å². The number of fused-ring (bicyclic) bond motifs is 3. The van der Waals surface area contributed by atoms with Gasteiger partial charge in [-0.2, -0.15) is 0 Å². The molecule has 0 aromatic heterocycles. The highest BCUT2D eigenvalue weighted by Gasteiger charge is 2.74. The quantitative estimate of drug-likeness (QED) is 0.552. The summed E-state index contributed by atoms with van der Waals surface area (Å²) in [5.41, 5.74) is 0.882. The van der Waals surface area contributed by atoms with Crippen molar-refractivity contribution < 1.29 is 24.2 Å². The fraction of sp³-hybridized carbons (Fsp3) is 0.250. The first-order valence-electron chi connectivity index (χ1n) is 11.6. The minimum Gasteiger partial charge on any atom is -0.385 e. The molecular formula is C28H22ClNO5. The molecule has 3 aliphatic rings. The van der Waals surface area contributed by atoms with Crippen molar-refractivity contribution in [3.8, 4) is 0 Å². The van der Waals surface area contributed by atoms with Crippen molar-refractivity contribution in [2.24, 2.45) is 11.8 Å². The highest BCUT2D eigenvalue weighted by molar-refractivity contribution is 6.30. The van der Waals surface area contributed by atoms with E-state index in [1.807, 2.05) is 19.1 Å². The second-order valence-electron chi connectivity index (χ2n) is 9.24. The van der Waals surface area contributed by atoms with E-state index >= 15 is 0 Å². The Kier molecular flexibility index (Phi) is 4.97. The number of ether oxygens (including phenoxy) is 1. The average Bonchev–Trinajstić information content (AvgIpc) is 3.44. The number of benzene rings is 3. The molecule has 1 aliphatic carbocycles. The van der Waals surface area contributed by atoms with E-state index in [9.17, 15) is 19.5 Å². The molecule has 6 rings (SSSR count). The lowest BCUT2D eigenvalue weighted by atomic mass is 9.76. The first kappa shape index (κ1) is 22.2. The number of rotatable bonds is 3. The Labute approximate surface area is 207 Å². The van der Waals surface area contributed by atoms with Crippen LogP contribution in [-0.2, 0) is 20.7 Å². The molecule has 5 atom stereocenters. The predicted octanol–water partition coefficient (Wildman–Crippen LogP) is 4.45. The Balaban J connectivity index is 1.52. The van der Waals surface area contributed by atoms with E-state index in [0.717, 1.165) is 16.9 Å². The fourth-order valence-electron chi connectivity index (χ4n) is 5.84. The van der Waals surface area contributed by atoms with E-state index in [0.29, 0.717) is 27.4 Å². The number of ketones is 1. The van der Waals surface area contributed by atoms with Crippen molar-refractivity contribution in [3.05, 3.63) is 100 Å². The molecule has 1 N–H and O–H groups in total. The van der Waals surface area contributed by atoms with Crippen molar-refractivity contribution in [2.45, 2.75) is 31.2 Å². The summed E-state index contributed by atoms with van der Waals surface area (Å²) in [5, 5.41) is 11.9. The number of anilines is 1. The predicted molar refractivity (Wildman–Crippen MR) is 129 cm³/mol. The van der Waals surface area contributed by atoms with Crippen LogP contribution in [0.2, 0.25) is 5.02 Å².